The van der Waals surface area contributed by atoms with E-state index in [0.29, 0.717) is 11.5 Å². The largest absolute Gasteiger partial charge is 0.508 e. The minimum absolute atomic E-state index is 0.0551. The Hall–Kier alpha value is -3.41. The molecule has 114 valence electrons. The normalized spacial score (nSPS) is 15.6. The van der Waals surface area contributed by atoms with Gasteiger partial charge in [0.25, 0.3) is 0 Å². The minimum Gasteiger partial charge on any atom is -0.508 e. The van der Waals surface area contributed by atoms with Gasteiger partial charge in [0.05, 0.1) is 5.69 Å². The van der Waals surface area contributed by atoms with Crippen molar-refractivity contribution in [3.05, 3.63) is 60.7 Å². The van der Waals surface area contributed by atoms with Crippen molar-refractivity contribution < 1.29 is 15.0 Å². The van der Waals surface area contributed by atoms with Crippen molar-refractivity contribution in [3.63, 3.8) is 0 Å². The summed E-state index contributed by atoms with van der Waals surface area (Å²) in [5.41, 5.74) is 1.25. The van der Waals surface area contributed by atoms with Crippen LogP contribution in [0.2, 0.25) is 0 Å². The molecule has 0 aromatic heterocycles. The van der Waals surface area contributed by atoms with Gasteiger partial charge in [0, 0.05) is 5.69 Å². The Morgan fingerprint density at radius 1 is 0.870 bits per heavy atom. The number of dihydropyridines is 1. The van der Waals surface area contributed by atoms with E-state index < -0.39 is 0 Å². The second-order valence-electron chi connectivity index (χ2n) is 4.82. The van der Waals surface area contributed by atoms with Crippen LogP contribution in [-0.2, 0) is 4.79 Å². The Morgan fingerprint density at radius 3 is 2.13 bits per heavy atom. The monoisotopic (exact) mass is 307 g/mol. The summed E-state index contributed by atoms with van der Waals surface area (Å²) in [6, 6.07) is 12.6. The zero-order valence-electron chi connectivity index (χ0n) is 12.0. The summed E-state index contributed by atoms with van der Waals surface area (Å²) in [4.78, 5) is 20.2. The minimum atomic E-state index is -0.297. The molecule has 3 N–H and O–H groups in total. The van der Waals surface area contributed by atoms with Gasteiger partial charge in [-0.05, 0) is 60.7 Å². The number of aromatic hydroxyl groups is 2. The highest BCUT2D eigenvalue weighted by Gasteiger charge is 2.14. The third kappa shape index (κ3) is 3.62. The molecule has 0 aliphatic carbocycles. The number of benzene rings is 2. The lowest BCUT2D eigenvalue weighted by molar-refractivity contribution is -0.109. The third-order valence-corrected chi connectivity index (χ3v) is 3.06. The van der Waals surface area contributed by atoms with Gasteiger partial charge in [-0.2, -0.15) is 0 Å². The number of carbonyl (C=O) groups is 1. The van der Waals surface area contributed by atoms with E-state index >= 15 is 0 Å². The number of hydrogen-bond acceptors (Lipinski definition) is 5. The first-order valence-corrected chi connectivity index (χ1v) is 6.85. The average Bonchev–Trinajstić information content (AvgIpc) is 2.55. The van der Waals surface area contributed by atoms with Crippen LogP contribution < -0.4 is 5.32 Å². The molecule has 0 atom stereocenters. The predicted molar refractivity (Wildman–Crippen MR) is 88.5 cm³/mol. The predicted octanol–water partition coefficient (Wildman–Crippen LogP) is 2.78. The van der Waals surface area contributed by atoms with Crippen molar-refractivity contribution in [3.8, 4) is 11.5 Å². The summed E-state index contributed by atoms with van der Waals surface area (Å²) in [6.07, 6.45) is 2.94. The van der Waals surface area contributed by atoms with Gasteiger partial charge in [-0.1, -0.05) is 0 Å². The van der Waals surface area contributed by atoms with E-state index in [1.54, 1.807) is 42.5 Å². The van der Waals surface area contributed by atoms with Gasteiger partial charge >= 0.3 is 0 Å². The van der Waals surface area contributed by atoms with Gasteiger partial charge in [0.2, 0.25) is 11.6 Å². The van der Waals surface area contributed by atoms with Crippen LogP contribution in [0.25, 0.3) is 0 Å². The maximum atomic E-state index is 11.9. The first-order valence-electron chi connectivity index (χ1n) is 6.85. The van der Waals surface area contributed by atoms with Gasteiger partial charge in [0.15, 0.2) is 0 Å². The van der Waals surface area contributed by atoms with E-state index in [1.807, 2.05) is 0 Å². The van der Waals surface area contributed by atoms with Crippen LogP contribution in [0.4, 0.5) is 11.4 Å². The molecule has 0 amide bonds. The number of phenols is 2. The average molecular weight is 307 g/mol. The van der Waals surface area contributed by atoms with E-state index in [1.165, 1.54) is 18.2 Å². The molecule has 0 bridgehead atoms. The number of hydrogen-bond donors (Lipinski definition) is 3. The standard InChI is InChI=1S/C17H13N3O3/c21-13-5-1-11(2-6-13)18-16-10-9-15(23)17(20-16)19-12-3-7-14(22)8-4-12/h1-10,21-22H,(H,18,19,20). The zero-order chi connectivity index (χ0) is 16.2. The van der Waals surface area contributed by atoms with Gasteiger partial charge in [-0.15, -0.1) is 0 Å². The number of ketones is 1. The lowest BCUT2D eigenvalue weighted by atomic mass is 10.2. The first-order chi connectivity index (χ1) is 11.1. The molecule has 1 aliphatic rings. The molecule has 2 aromatic rings. The molecule has 0 spiro atoms. The van der Waals surface area contributed by atoms with E-state index in [-0.39, 0.29) is 23.1 Å². The smallest absolute Gasteiger partial charge is 0.223 e. The van der Waals surface area contributed by atoms with Gasteiger partial charge in [0.1, 0.15) is 17.3 Å². The number of amidine groups is 2. The number of carbonyl (C=O) groups excluding carboxylic acids is 1. The molecule has 0 unspecified atom stereocenters. The molecule has 6 nitrogen and oxygen atoms in total. The molecule has 23 heavy (non-hydrogen) atoms. The molecular weight excluding hydrogens is 294 g/mol. The number of anilines is 1. The topological polar surface area (TPSA) is 94.3 Å². The Morgan fingerprint density at radius 2 is 1.48 bits per heavy atom. The Kier molecular flexibility index (Phi) is 3.88. The molecule has 0 fully saturated rings. The molecular formula is C17H13N3O3. The van der Waals surface area contributed by atoms with E-state index in [9.17, 15) is 15.0 Å². The summed E-state index contributed by atoms with van der Waals surface area (Å²) < 4.78 is 0. The molecule has 3 rings (SSSR count). The van der Waals surface area contributed by atoms with Crippen molar-refractivity contribution in [2.45, 2.75) is 0 Å². The Balaban J connectivity index is 1.84. The number of phenolic OH excluding ortho intramolecular Hbond substituents is 2. The fraction of sp³-hybridized carbons (Fsp3) is 0. The highest BCUT2D eigenvalue weighted by Crippen LogP contribution is 2.18. The fourth-order valence-corrected chi connectivity index (χ4v) is 1.93. The number of nitrogens with zero attached hydrogens (tertiary/aromatic N) is 2. The van der Waals surface area contributed by atoms with Crippen molar-refractivity contribution in [1.82, 2.24) is 0 Å². The van der Waals surface area contributed by atoms with Gasteiger partial charge in [-0.3, -0.25) is 4.79 Å². The molecule has 1 heterocycles. The molecule has 0 saturated carbocycles. The lowest BCUT2D eigenvalue weighted by Crippen LogP contribution is -2.21. The van der Waals surface area contributed by atoms with Crippen molar-refractivity contribution in [2.24, 2.45) is 9.98 Å². The maximum Gasteiger partial charge on any atom is 0.223 e. The molecule has 0 saturated heterocycles. The van der Waals surface area contributed by atoms with E-state index in [0.717, 1.165) is 5.69 Å². The second-order valence-corrected chi connectivity index (χ2v) is 4.82. The maximum absolute atomic E-state index is 11.9. The SMILES string of the molecule is O=C1C=CC(Nc2ccc(O)cc2)=NC1=Nc1ccc(O)cc1. The zero-order valence-corrected chi connectivity index (χ0v) is 12.0. The lowest BCUT2D eigenvalue weighted by Gasteiger charge is -2.10. The molecule has 6 heteroatoms. The van der Waals surface area contributed by atoms with Crippen LogP contribution in [0.1, 0.15) is 0 Å². The molecule has 2 aromatic carbocycles. The Bertz CT molecular complexity index is 819. The van der Waals surface area contributed by atoms with Gasteiger partial charge in [-0.25, -0.2) is 9.98 Å². The van der Waals surface area contributed by atoms with E-state index in [4.69, 9.17) is 0 Å². The summed E-state index contributed by atoms with van der Waals surface area (Å²) in [5, 5.41) is 21.6. The fourth-order valence-electron chi connectivity index (χ4n) is 1.93. The summed E-state index contributed by atoms with van der Waals surface area (Å²) in [6.45, 7) is 0. The molecule has 1 aliphatic heterocycles. The van der Waals surface area contributed by atoms with Crippen LogP contribution >= 0.6 is 0 Å². The number of aliphatic imine (C=N–C) groups is 2. The number of rotatable bonds is 2. The van der Waals surface area contributed by atoms with Crippen LogP contribution in [0.3, 0.4) is 0 Å². The van der Waals surface area contributed by atoms with Crippen LogP contribution in [-0.4, -0.2) is 27.7 Å². The summed E-state index contributed by atoms with van der Waals surface area (Å²) in [7, 11) is 0. The second kappa shape index (κ2) is 6.15. The summed E-state index contributed by atoms with van der Waals surface area (Å²) >= 11 is 0. The number of nitrogens with one attached hydrogen (secondary N) is 1. The highest BCUT2D eigenvalue weighted by molar-refractivity contribution is 6.48. The van der Waals surface area contributed by atoms with Crippen molar-refractivity contribution >= 4 is 28.8 Å². The third-order valence-electron chi connectivity index (χ3n) is 3.06. The van der Waals surface area contributed by atoms with Crippen molar-refractivity contribution in [1.29, 1.82) is 0 Å². The van der Waals surface area contributed by atoms with Gasteiger partial charge < -0.3 is 15.5 Å². The van der Waals surface area contributed by atoms with E-state index in [2.05, 4.69) is 15.3 Å². The quantitative estimate of drug-likeness (QED) is 0.744. The van der Waals surface area contributed by atoms with Crippen molar-refractivity contribution in [2.75, 3.05) is 5.32 Å². The summed E-state index contributed by atoms with van der Waals surface area (Å²) in [5.74, 6) is 0.519. The van der Waals surface area contributed by atoms with Crippen LogP contribution in [0, 0.1) is 0 Å². The van der Waals surface area contributed by atoms with Crippen LogP contribution in [0.5, 0.6) is 11.5 Å². The molecule has 0 radical (unpaired) electrons. The first kappa shape index (κ1) is 14.5. The highest BCUT2D eigenvalue weighted by atomic mass is 16.3. The Labute approximate surface area is 132 Å². The van der Waals surface area contributed by atoms with Crippen LogP contribution in [0.15, 0.2) is 70.7 Å².